The highest BCUT2D eigenvalue weighted by molar-refractivity contribution is 5.52. The fraction of sp³-hybridized carbons (Fsp3) is 0.533. The van der Waals surface area contributed by atoms with Crippen molar-refractivity contribution < 1.29 is 9.47 Å². The van der Waals surface area contributed by atoms with Gasteiger partial charge in [-0.2, -0.15) is 5.26 Å². The van der Waals surface area contributed by atoms with E-state index in [0.29, 0.717) is 6.54 Å². The van der Waals surface area contributed by atoms with Crippen LogP contribution < -0.4 is 9.47 Å². The topological polar surface area (TPSA) is 45.5 Å². The number of nitriles is 1. The van der Waals surface area contributed by atoms with E-state index in [9.17, 15) is 0 Å². The molecule has 0 atom stereocenters. The van der Waals surface area contributed by atoms with E-state index in [4.69, 9.17) is 14.7 Å². The third-order valence-electron chi connectivity index (χ3n) is 3.40. The normalized spacial score (nSPS) is 10.4. The Morgan fingerprint density at radius 3 is 2.42 bits per heavy atom. The first-order valence-electron chi connectivity index (χ1n) is 6.31. The SMILES string of the molecule is COc1cc(CCN(C)CC#N)c(OC)c(C)c1C. The van der Waals surface area contributed by atoms with E-state index in [0.717, 1.165) is 41.2 Å². The zero-order valence-electron chi connectivity index (χ0n) is 12.4. The number of rotatable bonds is 6. The molecule has 0 radical (unpaired) electrons. The quantitative estimate of drug-likeness (QED) is 0.738. The summed E-state index contributed by atoms with van der Waals surface area (Å²) in [5.41, 5.74) is 3.33. The van der Waals surface area contributed by atoms with Gasteiger partial charge in [-0.3, -0.25) is 4.90 Å². The van der Waals surface area contributed by atoms with Crippen molar-refractivity contribution in [1.29, 1.82) is 5.26 Å². The molecule has 0 bridgehead atoms. The van der Waals surface area contributed by atoms with Crippen molar-refractivity contribution in [2.24, 2.45) is 0 Å². The minimum absolute atomic E-state index is 0.435. The van der Waals surface area contributed by atoms with Crippen molar-refractivity contribution in [1.82, 2.24) is 4.90 Å². The smallest absolute Gasteiger partial charge is 0.125 e. The molecule has 0 aliphatic heterocycles. The fourth-order valence-electron chi connectivity index (χ4n) is 2.12. The molecule has 0 N–H and O–H groups in total. The molecule has 0 aliphatic rings. The van der Waals surface area contributed by atoms with Gasteiger partial charge in [-0.25, -0.2) is 0 Å². The van der Waals surface area contributed by atoms with Crippen molar-refractivity contribution in [2.45, 2.75) is 20.3 Å². The Bertz CT molecular complexity index is 478. The average molecular weight is 262 g/mol. The molecule has 19 heavy (non-hydrogen) atoms. The Morgan fingerprint density at radius 2 is 1.89 bits per heavy atom. The van der Waals surface area contributed by atoms with Crippen molar-refractivity contribution in [3.8, 4) is 17.6 Å². The second-order valence-electron chi connectivity index (χ2n) is 4.67. The number of hydrogen-bond acceptors (Lipinski definition) is 4. The van der Waals surface area contributed by atoms with E-state index < -0.39 is 0 Å². The summed E-state index contributed by atoms with van der Waals surface area (Å²) in [4.78, 5) is 1.99. The van der Waals surface area contributed by atoms with E-state index in [2.05, 4.69) is 6.07 Å². The van der Waals surface area contributed by atoms with Crippen LogP contribution in [0.15, 0.2) is 6.07 Å². The molecule has 0 aromatic heterocycles. The fourth-order valence-corrected chi connectivity index (χ4v) is 2.12. The van der Waals surface area contributed by atoms with Crippen molar-refractivity contribution in [2.75, 3.05) is 34.4 Å². The number of nitrogens with zero attached hydrogens (tertiary/aromatic N) is 2. The van der Waals surface area contributed by atoms with E-state index >= 15 is 0 Å². The first-order valence-corrected chi connectivity index (χ1v) is 6.31. The second kappa shape index (κ2) is 7.01. The molecular weight excluding hydrogens is 240 g/mol. The molecular formula is C15H22N2O2. The largest absolute Gasteiger partial charge is 0.496 e. The van der Waals surface area contributed by atoms with Gasteiger partial charge >= 0.3 is 0 Å². The van der Waals surface area contributed by atoms with Crippen LogP contribution in [0.5, 0.6) is 11.5 Å². The van der Waals surface area contributed by atoms with Gasteiger partial charge in [-0.05, 0) is 50.1 Å². The molecule has 1 rings (SSSR count). The summed E-state index contributed by atoms with van der Waals surface area (Å²) in [6.07, 6.45) is 0.832. The van der Waals surface area contributed by atoms with Gasteiger partial charge in [0.15, 0.2) is 0 Å². The third kappa shape index (κ3) is 3.62. The van der Waals surface area contributed by atoms with E-state index in [1.165, 1.54) is 0 Å². The summed E-state index contributed by atoms with van der Waals surface area (Å²) in [6.45, 7) is 5.32. The summed E-state index contributed by atoms with van der Waals surface area (Å²) in [5, 5.41) is 8.66. The third-order valence-corrected chi connectivity index (χ3v) is 3.40. The molecule has 0 spiro atoms. The number of hydrogen-bond donors (Lipinski definition) is 0. The lowest BCUT2D eigenvalue weighted by Crippen LogP contribution is -2.21. The van der Waals surface area contributed by atoms with Gasteiger partial charge in [0, 0.05) is 6.54 Å². The van der Waals surface area contributed by atoms with E-state index in [-0.39, 0.29) is 0 Å². The molecule has 0 aliphatic carbocycles. The van der Waals surface area contributed by atoms with Crippen LogP contribution in [0.1, 0.15) is 16.7 Å². The van der Waals surface area contributed by atoms with Gasteiger partial charge in [0.1, 0.15) is 11.5 Å². The zero-order chi connectivity index (χ0) is 14.4. The molecule has 0 saturated carbocycles. The maximum absolute atomic E-state index is 8.66. The van der Waals surface area contributed by atoms with Crippen molar-refractivity contribution in [3.05, 3.63) is 22.8 Å². The van der Waals surface area contributed by atoms with Gasteiger partial charge in [0.05, 0.1) is 26.8 Å². The molecule has 0 amide bonds. The van der Waals surface area contributed by atoms with E-state index in [1.807, 2.05) is 31.9 Å². The van der Waals surface area contributed by atoms with Gasteiger partial charge < -0.3 is 9.47 Å². The highest BCUT2D eigenvalue weighted by Crippen LogP contribution is 2.33. The summed E-state index contributed by atoms with van der Waals surface area (Å²) < 4.78 is 10.9. The van der Waals surface area contributed by atoms with Crippen LogP contribution in [0.3, 0.4) is 0 Å². The highest BCUT2D eigenvalue weighted by atomic mass is 16.5. The van der Waals surface area contributed by atoms with Gasteiger partial charge in [0.25, 0.3) is 0 Å². The molecule has 4 heteroatoms. The van der Waals surface area contributed by atoms with Crippen molar-refractivity contribution >= 4 is 0 Å². The number of likely N-dealkylation sites (N-methyl/N-ethyl adjacent to an activating group) is 1. The summed E-state index contributed by atoms with van der Waals surface area (Å²) in [7, 11) is 5.31. The van der Waals surface area contributed by atoms with Crippen LogP contribution in [-0.2, 0) is 6.42 Å². The predicted molar refractivity (Wildman–Crippen MR) is 75.8 cm³/mol. The maximum atomic E-state index is 8.66. The Kier molecular flexibility index (Phi) is 5.65. The maximum Gasteiger partial charge on any atom is 0.125 e. The minimum Gasteiger partial charge on any atom is -0.496 e. The first-order chi connectivity index (χ1) is 9.04. The van der Waals surface area contributed by atoms with E-state index in [1.54, 1.807) is 14.2 Å². The highest BCUT2D eigenvalue weighted by Gasteiger charge is 2.14. The molecule has 4 nitrogen and oxygen atoms in total. The molecule has 0 saturated heterocycles. The monoisotopic (exact) mass is 262 g/mol. The molecule has 0 heterocycles. The van der Waals surface area contributed by atoms with Crippen LogP contribution >= 0.6 is 0 Å². The standard InChI is InChI=1S/C15H22N2O2/c1-11-12(2)15(19-5)13(10-14(11)18-4)6-8-17(3)9-7-16/h10H,6,8-9H2,1-5H3. The Hall–Kier alpha value is -1.73. The van der Waals surface area contributed by atoms with Crippen LogP contribution in [0.25, 0.3) is 0 Å². The van der Waals surface area contributed by atoms with Crippen LogP contribution in [-0.4, -0.2) is 39.3 Å². The van der Waals surface area contributed by atoms with Gasteiger partial charge in [-0.1, -0.05) is 0 Å². The lowest BCUT2D eigenvalue weighted by atomic mass is 10.0. The first kappa shape index (κ1) is 15.3. The van der Waals surface area contributed by atoms with Crippen LogP contribution in [0, 0.1) is 25.2 Å². The Morgan fingerprint density at radius 1 is 1.21 bits per heavy atom. The Labute approximate surface area is 115 Å². The second-order valence-corrected chi connectivity index (χ2v) is 4.67. The lowest BCUT2D eigenvalue weighted by molar-refractivity contribution is 0.366. The molecule has 0 unspecified atom stereocenters. The molecule has 1 aromatic carbocycles. The predicted octanol–water partition coefficient (Wildman–Crippen LogP) is 2.32. The molecule has 1 aromatic rings. The molecule has 0 fully saturated rings. The summed E-state index contributed by atoms with van der Waals surface area (Å²) >= 11 is 0. The van der Waals surface area contributed by atoms with Gasteiger partial charge in [-0.15, -0.1) is 0 Å². The average Bonchev–Trinajstić information content (AvgIpc) is 2.40. The minimum atomic E-state index is 0.435. The van der Waals surface area contributed by atoms with Crippen LogP contribution in [0.2, 0.25) is 0 Å². The molecule has 104 valence electrons. The zero-order valence-corrected chi connectivity index (χ0v) is 12.4. The summed E-state index contributed by atoms with van der Waals surface area (Å²) in [5.74, 6) is 1.81. The van der Waals surface area contributed by atoms with Crippen LogP contribution in [0.4, 0.5) is 0 Å². The Balaban J connectivity index is 2.99. The number of benzene rings is 1. The number of methoxy groups -OCH3 is 2. The number of ether oxygens (including phenoxy) is 2. The lowest BCUT2D eigenvalue weighted by Gasteiger charge is -2.18. The van der Waals surface area contributed by atoms with Gasteiger partial charge in [0.2, 0.25) is 0 Å². The summed E-state index contributed by atoms with van der Waals surface area (Å²) in [6, 6.07) is 4.17. The van der Waals surface area contributed by atoms with Crippen molar-refractivity contribution in [3.63, 3.8) is 0 Å².